The van der Waals surface area contributed by atoms with Crippen molar-refractivity contribution in [1.82, 2.24) is 5.32 Å². The minimum atomic E-state index is -0.811. The monoisotopic (exact) mass is 393 g/mol. The van der Waals surface area contributed by atoms with Crippen molar-refractivity contribution in [3.8, 4) is 0 Å². The second-order valence-corrected chi connectivity index (χ2v) is 11.5. The zero-order valence-corrected chi connectivity index (χ0v) is 17.6. The highest BCUT2D eigenvalue weighted by atomic mass is 35.5. The number of hydrogen-bond donors (Lipinski definition) is 2. The number of nitrogens with one attached hydrogen (secondary N) is 1. The van der Waals surface area contributed by atoms with Crippen LogP contribution in [0.5, 0.6) is 0 Å². The van der Waals surface area contributed by atoms with Crippen LogP contribution < -0.4 is 5.32 Å². The van der Waals surface area contributed by atoms with Crippen molar-refractivity contribution in [2.24, 2.45) is 5.92 Å². The molecule has 138 valence electrons. The SMILES string of the molecule is CC[SiH](CC)CC.OC(CNCC1CC1)c1c(Cl)cc(F)cc1Cl. The van der Waals surface area contributed by atoms with Crippen LogP contribution in [0.25, 0.3) is 0 Å². The third-order valence-electron chi connectivity index (χ3n) is 4.58. The molecular weight excluding hydrogens is 364 g/mol. The van der Waals surface area contributed by atoms with E-state index in [-0.39, 0.29) is 18.8 Å². The summed E-state index contributed by atoms with van der Waals surface area (Å²) in [6, 6.07) is 6.80. The molecule has 0 saturated heterocycles. The lowest BCUT2D eigenvalue weighted by Gasteiger charge is -2.15. The highest BCUT2D eigenvalue weighted by Crippen LogP contribution is 2.32. The summed E-state index contributed by atoms with van der Waals surface area (Å²) in [5, 5.41) is 13.4. The Hall–Kier alpha value is -0.133. The summed E-state index contributed by atoms with van der Waals surface area (Å²) in [7, 11) is -0.171. The Morgan fingerprint density at radius 1 is 1.17 bits per heavy atom. The van der Waals surface area contributed by atoms with Gasteiger partial charge in [0.1, 0.15) is 5.82 Å². The number of benzene rings is 1. The van der Waals surface area contributed by atoms with E-state index in [2.05, 4.69) is 26.1 Å². The molecule has 1 aromatic carbocycles. The highest BCUT2D eigenvalue weighted by molar-refractivity contribution is 6.58. The summed E-state index contributed by atoms with van der Waals surface area (Å²) in [4.78, 5) is 0. The zero-order chi connectivity index (χ0) is 18.1. The summed E-state index contributed by atoms with van der Waals surface area (Å²) in [6.45, 7) is 8.24. The van der Waals surface area contributed by atoms with Gasteiger partial charge >= 0.3 is 0 Å². The predicted molar refractivity (Wildman–Crippen MR) is 106 cm³/mol. The Morgan fingerprint density at radius 2 is 1.67 bits per heavy atom. The summed E-state index contributed by atoms with van der Waals surface area (Å²) < 4.78 is 13.0. The average molecular weight is 394 g/mol. The van der Waals surface area contributed by atoms with Crippen molar-refractivity contribution in [3.05, 3.63) is 33.6 Å². The maximum absolute atomic E-state index is 13.0. The van der Waals surface area contributed by atoms with Gasteiger partial charge in [0.2, 0.25) is 0 Å². The predicted octanol–water partition coefficient (Wildman–Crippen LogP) is 5.44. The van der Waals surface area contributed by atoms with Gasteiger partial charge in [0.05, 0.1) is 16.1 Å². The molecule has 0 radical (unpaired) electrons. The van der Waals surface area contributed by atoms with Gasteiger partial charge in [0, 0.05) is 20.9 Å². The summed E-state index contributed by atoms with van der Waals surface area (Å²) in [5.74, 6) is 0.239. The lowest BCUT2D eigenvalue weighted by atomic mass is 10.1. The van der Waals surface area contributed by atoms with Crippen LogP contribution >= 0.6 is 23.2 Å². The van der Waals surface area contributed by atoms with Crippen molar-refractivity contribution in [2.45, 2.75) is 57.8 Å². The van der Waals surface area contributed by atoms with Crippen molar-refractivity contribution < 1.29 is 9.50 Å². The van der Waals surface area contributed by atoms with Gasteiger partial charge in [-0.25, -0.2) is 4.39 Å². The van der Waals surface area contributed by atoms with Gasteiger partial charge in [0.25, 0.3) is 0 Å². The van der Waals surface area contributed by atoms with E-state index in [4.69, 9.17) is 23.2 Å². The maximum Gasteiger partial charge on any atom is 0.126 e. The third-order valence-corrected chi connectivity index (χ3v) is 8.67. The van der Waals surface area contributed by atoms with E-state index in [1.807, 2.05) is 0 Å². The molecule has 0 spiro atoms. The Kier molecular flexibility index (Phi) is 10.5. The van der Waals surface area contributed by atoms with Crippen molar-refractivity contribution in [1.29, 1.82) is 0 Å². The van der Waals surface area contributed by atoms with Crippen molar-refractivity contribution >= 4 is 32.0 Å². The van der Waals surface area contributed by atoms with Gasteiger partial charge < -0.3 is 10.4 Å². The minimum Gasteiger partial charge on any atom is -0.387 e. The van der Waals surface area contributed by atoms with Gasteiger partial charge in [-0.2, -0.15) is 0 Å². The molecule has 1 aromatic rings. The fraction of sp³-hybridized carbons (Fsp3) is 0.667. The quantitative estimate of drug-likeness (QED) is 0.576. The molecule has 1 aliphatic carbocycles. The van der Waals surface area contributed by atoms with E-state index in [0.29, 0.717) is 12.1 Å². The average Bonchev–Trinajstić information content (AvgIpc) is 3.33. The first-order valence-electron chi connectivity index (χ1n) is 8.95. The van der Waals surface area contributed by atoms with E-state index >= 15 is 0 Å². The topological polar surface area (TPSA) is 32.3 Å². The van der Waals surface area contributed by atoms with Crippen molar-refractivity contribution in [3.63, 3.8) is 0 Å². The fourth-order valence-corrected chi connectivity index (χ4v) is 5.03. The lowest BCUT2D eigenvalue weighted by Crippen LogP contribution is -2.24. The van der Waals surface area contributed by atoms with Gasteiger partial charge in [-0.05, 0) is 37.4 Å². The molecule has 2 nitrogen and oxygen atoms in total. The van der Waals surface area contributed by atoms with E-state index in [1.54, 1.807) is 0 Å². The lowest BCUT2D eigenvalue weighted by molar-refractivity contribution is 0.174. The standard InChI is InChI=1S/C12H14Cl2FNO.C6H16Si/c13-9-3-8(15)4-10(14)12(9)11(17)6-16-5-7-1-2-7;1-4-7(5-2)6-3/h3-4,7,11,16-17H,1-2,5-6H2;7H,4-6H2,1-3H3. The van der Waals surface area contributed by atoms with Crippen LogP contribution in [0, 0.1) is 11.7 Å². The number of rotatable bonds is 8. The van der Waals surface area contributed by atoms with Gasteiger partial charge in [-0.15, -0.1) is 0 Å². The number of hydrogen-bond acceptors (Lipinski definition) is 2. The third kappa shape index (κ3) is 7.83. The normalized spacial score (nSPS) is 15.2. The first-order valence-corrected chi connectivity index (χ1v) is 12.2. The molecule has 0 amide bonds. The Balaban J connectivity index is 0.000000351. The molecule has 1 atom stereocenters. The molecule has 1 saturated carbocycles. The fourth-order valence-electron chi connectivity index (χ4n) is 2.59. The van der Waals surface area contributed by atoms with Crippen LogP contribution in [-0.2, 0) is 0 Å². The van der Waals surface area contributed by atoms with E-state index in [1.165, 1.54) is 31.0 Å². The molecule has 2 rings (SSSR count). The molecule has 1 aliphatic rings. The van der Waals surface area contributed by atoms with Crippen LogP contribution in [-0.4, -0.2) is 27.0 Å². The van der Waals surface area contributed by atoms with Crippen LogP contribution in [0.1, 0.15) is 45.3 Å². The molecule has 6 heteroatoms. The largest absolute Gasteiger partial charge is 0.387 e. The zero-order valence-electron chi connectivity index (χ0n) is 14.9. The highest BCUT2D eigenvalue weighted by Gasteiger charge is 2.22. The smallest absolute Gasteiger partial charge is 0.126 e. The second kappa shape index (κ2) is 11.5. The Labute approximate surface area is 157 Å². The maximum atomic E-state index is 13.0. The molecule has 1 fully saturated rings. The molecule has 0 aliphatic heterocycles. The molecule has 2 N–H and O–H groups in total. The molecule has 24 heavy (non-hydrogen) atoms. The molecule has 1 unspecified atom stereocenters. The van der Waals surface area contributed by atoms with Crippen LogP contribution in [0.4, 0.5) is 4.39 Å². The number of halogens is 3. The van der Waals surface area contributed by atoms with Gasteiger partial charge in [-0.1, -0.05) is 62.1 Å². The summed E-state index contributed by atoms with van der Waals surface area (Å²) in [5.41, 5.74) is 0.387. The van der Waals surface area contributed by atoms with Crippen LogP contribution in [0.2, 0.25) is 28.2 Å². The second-order valence-electron chi connectivity index (χ2n) is 6.49. The van der Waals surface area contributed by atoms with E-state index in [0.717, 1.165) is 24.6 Å². The first-order chi connectivity index (χ1) is 11.4. The van der Waals surface area contributed by atoms with E-state index < -0.39 is 11.9 Å². The van der Waals surface area contributed by atoms with Gasteiger partial charge in [0.15, 0.2) is 0 Å². The summed E-state index contributed by atoms with van der Waals surface area (Å²) >= 11 is 11.7. The van der Waals surface area contributed by atoms with Crippen molar-refractivity contribution in [2.75, 3.05) is 13.1 Å². The van der Waals surface area contributed by atoms with Crippen LogP contribution in [0.3, 0.4) is 0 Å². The van der Waals surface area contributed by atoms with Gasteiger partial charge in [-0.3, -0.25) is 0 Å². The molecular formula is C18H30Cl2FNOSi. The molecule has 0 heterocycles. The van der Waals surface area contributed by atoms with Crippen LogP contribution in [0.15, 0.2) is 12.1 Å². The molecule has 0 bridgehead atoms. The molecule has 0 aromatic heterocycles. The Morgan fingerprint density at radius 3 is 2.04 bits per heavy atom. The Bertz CT molecular complexity index is 467. The first kappa shape index (κ1) is 21.9. The minimum absolute atomic E-state index is 0.163. The number of aliphatic hydroxyl groups excluding tert-OH is 1. The summed E-state index contributed by atoms with van der Waals surface area (Å²) in [6.07, 6.45) is 1.69. The number of aliphatic hydroxyl groups is 1. The van der Waals surface area contributed by atoms with E-state index in [9.17, 15) is 9.50 Å².